The van der Waals surface area contributed by atoms with E-state index >= 15 is 0 Å². The maximum absolute atomic E-state index is 12.9. The van der Waals surface area contributed by atoms with E-state index in [4.69, 9.17) is 9.84 Å². The van der Waals surface area contributed by atoms with Gasteiger partial charge in [-0.2, -0.15) is 5.10 Å². The van der Waals surface area contributed by atoms with E-state index < -0.39 is 12.1 Å². The lowest BCUT2D eigenvalue weighted by atomic mass is 10.1. The van der Waals surface area contributed by atoms with Gasteiger partial charge >= 0.3 is 5.97 Å². The van der Waals surface area contributed by atoms with E-state index in [9.17, 15) is 9.59 Å². The summed E-state index contributed by atoms with van der Waals surface area (Å²) in [5.74, 6) is -1.28. The minimum Gasteiger partial charge on any atom is -0.479 e. The number of hydrogen-bond acceptors (Lipinski definition) is 5. The fourth-order valence-electron chi connectivity index (χ4n) is 2.89. The largest absolute Gasteiger partial charge is 0.479 e. The summed E-state index contributed by atoms with van der Waals surface area (Å²) in [4.78, 5) is 30.0. The average Bonchev–Trinajstić information content (AvgIpc) is 2.80. The fraction of sp³-hybridized carbons (Fsp3) is 0.467. The van der Waals surface area contributed by atoms with Crippen molar-refractivity contribution in [3.63, 3.8) is 0 Å². The maximum Gasteiger partial charge on any atom is 0.334 e. The Kier molecular flexibility index (Phi) is 3.77. The van der Waals surface area contributed by atoms with Crippen molar-refractivity contribution in [1.29, 1.82) is 0 Å². The van der Waals surface area contributed by atoms with E-state index in [-0.39, 0.29) is 19.1 Å². The van der Waals surface area contributed by atoms with Crippen LogP contribution in [0.15, 0.2) is 6.07 Å². The molecule has 122 valence electrons. The minimum absolute atomic E-state index is 0.0380. The second-order valence-corrected chi connectivity index (χ2v) is 5.67. The highest BCUT2D eigenvalue weighted by molar-refractivity contribution is 6.06. The van der Waals surface area contributed by atoms with Gasteiger partial charge in [-0.1, -0.05) is 0 Å². The SMILES string of the molecule is Cc1cc(C(=O)N2CCOC(C(=O)O)C2)c2c(C)nn(C)c2n1. The third-order valence-electron chi connectivity index (χ3n) is 3.96. The monoisotopic (exact) mass is 318 g/mol. The molecule has 2 aromatic rings. The van der Waals surface area contributed by atoms with Gasteiger partial charge in [-0.25, -0.2) is 9.78 Å². The molecule has 1 N–H and O–H groups in total. The lowest BCUT2D eigenvalue weighted by Gasteiger charge is -2.31. The van der Waals surface area contributed by atoms with Gasteiger partial charge in [0.05, 0.1) is 29.8 Å². The molecule has 1 atom stereocenters. The van der Waals surface area contributed by atoms with E-state index in [1.165, 1.54) is 4.90 Å². The van der Waals surface area contributed by atoms with Gasteiger partial charge in [0.15, 0.2) is 11.8 Å². The molecule has 1 unspecified atom stereocenters. The van der Waals surface area contributed by atoms with Crippen LogP contribution in [0.25, 0.3) is 11.0 Å². The molecule has 8 heteroatoms. The highest BCUT2D eigenvalue weighted by Gasteiger charge is 2.31. The van der Waals surface area contributed by atoms with Gasteiger partial charge in [-0.3, -0.25) is 9.48 Å². The van der Waals surface area contributed by atoms with Gasteiger partial charge in [0.25, 0.3) is 5.91 Å². The Morgan fingerprint density at radius 1 is 1.39 bits per heavy atom. The fourth-order valence-corrected chi connectivity index (χ4v) is 2.89. The molecule has 1 amide bonds. The number of carboxylic acid groups (broad SMARTS) is 1. The molecule has 1 aliphatic heterocycles. The molecule has 1 aliphatic rings. The van der Waals surface area contributed by atoms with Crippen LogP contribution in [0.4, 0.5) is 0 Å². The summed E-state index contributed by atoms with van der Waals surface area (Å²) in [5, 5.41) is 14.1. The number of aryl methyl sites for hydroxylation is 3. The highest BCUT2D eigenvalue weighted by Crippen LogP contribution is 2.23. The second-order valence-electron chi connectivity index (χ2n) is 5.67. The third-order valence-corrected chi connectivity index (χ3v) is 3.96. The number of carbonyl (C=O) groups is 2. The predicted octanol–water partition coefficient (Wildman–Crippen LogP) is 0.511. The number of nitrogens with zero attached hydrogens (tertiary/aromatic N) is 4. The van der Waals surface area contributed by atoms with Crippen molar-refractivity contribution in [2.24, 2.45) is 7.05 Å². The van der Waals surface area contributed by atoms with Crippen molar-refractivity contribution in [3.05, 3.63) is 23.0 Å². The summed E-state index contributed by atoms with van der Waals surface area (Å²) in [7, 11) is 1.78. The van der Waals surface area contributed by atoms with Crippen LogP contribution < -0.4 is 0 Å². The van der Waals surface area contributed by atoms with Gasteiger partial charge in [0, 0.05) is 19.3 Å². The van der Waals surface area contributed by atoms with Gasteiger partial charge in [0.1, 0.15) is 0 Å². The number of morpholine rings is 1. The summed E-state index contributed by atoms with van der Waals surface area (Å²) in [6.07, 6.45) is -0.985. The quantitative estimate of drug-likeness (QED) is 0.866. The maximum atomic E-state index is 12.9. The number of rotatable bonds is 2. The molecule has 8 nitrogen and oxygen atoms in total. The summed E-state index contributed by atoms with van der Waals surface area (Å²) in [6.45, 7) is 4.26. The molecule has 0 radical (unpaired) electrons. The lowest BCUT2D eigenvalue weighted by Crippen LogP contribution is -2.48. The molecule has 0 bridgehead atoms. The zero-order valence-electron chi connectivity index (χ0n) is 13.2. The smallest absolute Gasteiger partial charge is 0.334 e. The first-order chi connectivity index (χ1) is 10.9. The zero-order valence-corrected chi connectivity index (χ0v) is 13.2. The summed E-state index contributed by atoms with van der Waals surface area (Å²) in [6, 6.07) is 1.73. The number of ether oxygens (including phenoxy) is 1. The van der Waals surface area contributed by atoms with Crippen molar-refractivity contribution < 1.29 is 19.4 Å². The molecular formula is C15H18N4O4. The van der Waals surface area contributed by atoms with Crippen molar-refractivity contribution in [2.75, 3.05) is 19.7 Å². The summed E-state index contributed by atoms with van der Waals surface area (Å²) >= 11 is 0. The normalized spacial score (nSPS) is 18.4. The Morgan fingerprint density at radius 2 is 2.13 bits per heavy atom. The molecule has 0 aromatic carbocycles. The van der Waals surface area contributed by atoms with E-state index in [1.807, 2.05) is 13.8 Å². The molecule has 0 saturated carbocycles. The molecule has 2 aromatic heterocycles. The topological polar surface area (TPSA) is 97.5 Å². The summed E-state index contributed by atoms with van der Waals surface area (Å²) < 4.78 is 6.82. The number of carbonyl (C=O) groups excluding carboxylic acids is 1. The molecule has 3 heterocycles. The van der Waals surface area contributed by atoms with E-state index in [1.54, 1.807) is 17.8 Å². The zero-order chi connectivity index (χ0) is 16.7. The molecule has 1 fully saturated rings. The predicted molar refractivity (Wildman–Crippen MR) is 81.3 cm³/mol. The van der Waals surface area contributed by atoms with Gasteiger partial charge in [0.2, 0.25) is 0 Å². The number of pyridine rings is 1. The second kappa shape index (κ2) is 5.62. The Labute approximate surface area is 132 Å². The lowest BCUT2D eigenvalue weighted by molar-refractivity contribution is -0.154. The standard InChI is InChI=1S/C15H18N4O4/c1-8-6-10(12-9(2)17-18(3)13(12)16-8)14(20)19-4-5-23-11(7-19)15(21)22/h6,11H,4-5,7H2,1-3H3,(H,21,22). The van der Waals surface area contributed by atoms with Crippen LogP contribution in [0.1, 0.15) is 21.7 Å². The Hall–Kier alpha value is -2.48. The number of aliphatic carboxylic acids is 1. The molecule has 0 spiro atoms. The molecule has 1 saturated heterocycles. The van der Waals surface area contributed by atoms with Crippen LogP contribution in [-0.4, -0.2) is 62.4 Å². The van der Waals surface area contributed by atoms with Crippen LogP contribution in [-0.2, 0) is 16.6 Å². The van der Waals surface area contributed by atoms with Crippen LogP contribution >= 0.6 is 0 Å². The third kappa shape index (κ3) is 2.65. The first-order valence-corrected chi connectivity index (χ1v) is 7.33. The van der Waals surface area contributed by atoms with Crippen LogP contribution in [0, 0.1) is 13.8 Å². The molecular weight excluding hydrogens is 300 g/mol. The number of amides is 1. The number of carboxylic acids is 1. The Balaban J connectivity index is 2.02. The number of aromatic nitrogens is 3. The average molecular weight is 318 g/mol. The molecule has 23 heavy (non-hydrogen) atoms. The summed E-state index contributed by atoms with van der Waals surface area (Å²) in [5.41, 5.74) is 2.59. The Morgan fingerprint density at radius 3 is 2.83 bits per heavy atom. The van der Waals surface area contributed by atoms with Gasteiger partial charge in [-0.05, 0) is 19.9 Å². The van der Waals surface area contributed by atoms with E-state index in [0.717, 1.165) is 5.69 Å². The first-order valence-electron chi connectivity index (χ1n) is 7.33. The number of fused-ring (bicyclic) bond motifs is 1. The van der Waals surface area contributed by atoms with E-state index in [0.29, 0.717) is 28.8 Å². The minimum atomic E-state index is -1.06. The van der Waals surface area contributed by atoms with Crippen molar-refractivity contribution in [2.45, 2.75) is 20.0 Å². The molecule has 0 aliphatic carbocycles. The Bertz CT molecular complexity index is 798. The van der Waals surface area contributed by atoms with Gasteiger partial charge in [-0.15, -0.1) is 0 Å². The van der Waals surface area contributed by atoms with E-state index in [2.05, 4.69) is 10.1 Å². The highest BCUT2D eigenvalue weighted by atomic mass is 16.5. The van der Waals surface area contributed by atoms with Crippen LogP contribution in [0.5, 0.6) is 0 Å². The number of hydrogen-bond donors (Lipinski definition) is 1. The van der Waals surface area contributed by atoms with Crippen molar-refractivity contribution in [3.8, 4) is 0 Å². The first kappa shape index (κ1) is 15.4. The van der Waals surface area contributed by atoms with Crippen LogP contribution in [0.2, 0.25) is 0 Å². The van der Waals surface area contributed by atoms with Crippen molar-refractivity contribution in [1.82, 2.24) is 19.7 Å². The van der Waals surface area contributed by atoms with Gasteiger partial charge < -0.3 is 14.7 Å². The van der Waals surface area contributed by atoms with Crippen LogP contribution in [0.3, 0.4) is 0 Å². The van der Waals surface area contributed by atoms with Crippen molar-refractivity contribution >= 4 is 22.9 Å². The molecule has 3 rings (SSSR count).